The summed E-state index contributed by atoms with van der Waals surface area (Å²) in [5, 5.41) is 0. The molecule has 0 N–H and O–H groups in total. The van der Waals surface area contributed by atoms with Gasteiger partial charge in [0.15, 0.2) is 0 Å². The van der Waals surface area contributed by atoms with Crippen molar-refractivity contribution in [1.29, 1.82) is 0 Å². The van der Waals surface area contributed by atoms with Crippen LogP contribution >= 0.6 is 0 Å². The molecule has 3 heterocycles. The van der Waals surface area contributed by atoms with Gasteiger partial charge >= 0.3 is 0 Å². The molecule has 1 amide bonds. The zero-order valence-corrected chi connectivity index (χ0v) is 15.1. The van der Waals surface area contributed by atoms with Gasteiger partial charge in [-0.25, -0.2) is 4.98 Å². The Balaban J connectivity index is 1.53. The van der Waals surface area contributed by atoms with Gasteiger partial charge in [0.1, 0.15) is 5.69 Å². The predicted molar refractivity (Wildman–Crippen MR) is 91.4 cm³/mol. The normalized spacial score (nSPS) is 23.0. The third-order valence-electron chi connectivity index (χ3n) is 5.05. The number of carbonyl (C=O) groups is 1. The molecule has 138 valence electrons. The van der Waals surface area contributed by atoms with E-state index in [1.54, 1.807) is 19.5 Å². The average molecular weight is 349 g/mol. The van der Waals surface area contributed by atoms with Gasteiger partial charge in [0, 0.05) is 39.4 Å². The summed E-state index contributed by atoms with van der Waals surface area (Å²) in [6.07, 6.45) is 6.89. The summed E-state index contributed by atoms with van der Waals surface area (Å²) < 4.78 is 17.1. The van der Waals surface area contributed by atoms with Gasteiger partial charge in [0.05, 0.1) is 36.8 Å². The van der Waals surface area contributed by atoms with Crippen LogP contribution < -0.4 is 0 Å². The minimum atomic E-state index is -0.161. The molecule has 1 aromatic rings. The highest BCUT2D eigenvalue weighted by Gasteiger charge is 2.41. The number of nitrogens with zero attached hydrogens (tertiary/aromatic N) is 3. The zero-order valence-electron chi connectivity index (χ0n) is 15.1. The van der Waals surface area contributed by atoms with Crippen LogP contribution in [-0.4, -0.2) is 72.5 Å². The van der Waals surface area contributed by atoms with Gasteiger partial charge in [0.25, 0.3) is 5.91 Å². The largest absolute Gasteiger partial charge is 0.382 e. The van der Waals surface area contributed by atoms with Crippen LogP contribution in [0.4, 0.5) is 0 Å². The Morgan fingerprint density at radius 3 is 2.80 bits per heavy atom. The Kier molecular flexibility index (Phi) is 5.98. The highest BCUT2D eigenvalue weighted by molar-refractivity contribution is 5.92. The second kappa shape index (κ2) is 8.21. The van der Waals surface area contributed by atoms with Crippen LogP contribution in [0.1, 0.15) is 41.9 Å². The van der Waals surface area contributed by atoms with Crippen LogP contribution in [-0.2, 0) is 14.2 Å². The summed E-state index contributed by atoms with van der Waals surface area (Å²) in [7, 11) is 1.68. The van der Waals surface area contributed by atoms with Crippen molar-refractivity contribution in [2.45, 2.75) is 44.3 Å². The molecule has 2 saturated heterocycles. The van der Waals surface area contributed by atoms with E-state index in [4.69, 9.17) is 14.2 Å². The van der Waals surface area contributed by atoms with Gasteiger partial charge in [-0.2, -0.15) is 0 Å². The van der Waals surface area contributed by atoms with Crippen molar-refractivity contribution in [1.82, 2.24) is 14.9 Å². The van der Waals surface area contributed by atoms with Gasteiger partial charge in [-0.15, -0.1) is 0 Å². The van der Waals surface area contributed by atoms with Crippen LogP contribution in [0.5, 0.6) is 0 Å². The Labute approximate surface area is 148 Å². The van der Waals surface area contributed by atoms with Gasteiger partial charge in [-0.05, 0) is 26.2 Å². The van der Waals surface area contributed by atoms with Crippen LogP contribution in [0, 0.1) is 6.92 Å². The fourth-order valence-corrected chi connectivity index (χ4v) is 3.55. The third kappa shape index (κ3) is 4.54. The van der Waals surface area contributed by atoms with Crippen molar-refractivity contribution in [2.75, 3.05) is 40.0 Å². The first-order chi connectivity index (χ1) is 12.1. The SMILES string of the molecule is COCCOC1CCOC2(CCN(C(=O)c3cnc(C)cn3)CC2)C1. The predicted octanol–water partition coefficient (Wildman–Crippen LogP) is 1.60. The lowest BCUT2D eigenvalue weighted by Gasteiger charge is -2.46. The molecular weight excluding hydrogens is 322 g/mol. The summed E-state index contributed by atoms with van der Waals surface area (Å²) >= 11 is 0. The van der Waals surface area contributed by atoms with Crippen molar-refractivity contribution >= 4 is 5.91 Å². The standard InChI is InChI=1S/C18H27N3O4/c1-14-12-20-16(13-19-14)17(22)21-6-4-18(5-7-21)11-15(3-8-25-18)24-10-9-23-2/h12-13,15H,3-11H2,1-2H3. The molecule has 7 nitrogen and oxygen atoms in total. The third-order valence-corrected chi connectivity index (χ3v) is 5.05. The lowest BCUT2D eigenvalue weighted by atomic mass is 9.83. The molecule has 0 aromatic carbocycles. The number of aryl methyl sites for hydroxylation is 1. The molecule has 0 saturated carbocycles. The first-order valence-electron chi connectivity index (χ1n) is 8.94. The lowest BCUT2D eigenvalue weighted by Crippen LogP contribution is -2.52. The van der Waals surface area contributed by atoms with E-state index in [9.17, 15) is 4.79 Å². The molecule has 0 bridgehead atoms. The van der Waals surface area contributed by atoms with E-state index in [2.05, 4.69) is 9.97 Å². The number of amides is 1. The highest BCUT2D eigenvalue weighted by Crippen LogP contribution is 2.36. The number of piperidine rings is 1. The minimum Gasteiger partial charge on any atom is -0.382 e. The maximum Gasteiger partial charge on any atom is 0.274 e. The average Bonchev–Trinajstić information content (AvgIpc) is 2.63. The second-order valence-corrected chi connectivity index (χ2v) is 6.85. The van der Waals surface area contributed by atoms with Crippen molar-refractivity contribution in [3.63, 3.8) is 0 Å². The first kappa shape index (κ1) is 18.2. The molecule has 1 aromatic heterocycles. The highest BCUT2D eigenvalue weighted by atomic mass is 16.5. The molecule has 25 heavy (non-hydrogen) atoms. The van der Waals surface area contributed by atoms with Crippen molar-refractivity contribution < 1.29 is 19.0 Å². The van der Waals surface area contributed by atoms with E-state index in [0.29, 0.717) is 32.0 Å². The van der Waals surface area contributed by atoms with Crippen LogP contribution in [0.25, 0.3) is 0 Å². The Morgan fingerprint density at radius 2 is 2.12 bits per heavy atom. The van der Waals surface area contributed by atoms with Crippen molar-refractivity contribution in [3.05, 3.63) is 23.8 Å². The van der Waals surface area contributed by atoms with E-state index in [0.717, 1.165) is 38.0 Å². The zero-order chi connectivity index (χ0) is 17.7. The fraction of sp³-hybridized carbons (Fsp3) is 0.722. The van der Waals surface area contributed by atoms with Crippen LogP contribution in [0.2, 0.25) is 0 Å². The molecule has 2 fully saturated rings. The Bertz CT molecular complexity index is 570. The summed E-state index contributed by atoms with van der Waals surface area (Å²) in [5.74, 6) is -0.0500. The summed E-state index contributed by atoms with van der Waals surface area (Å²) in [5.41, 5.74) is 1.06. The smallest absolute Gasteiger partial charge is 0.274 e. The molecule has 3 rings (SSSR count). The topological polar surface area (TPSA) is 73.8 Å². The molecular formula is C18H27N3O4. The molecule has 7 heteroatoms. The van der Waals surface area contributed by atoms with E-state index < -0.39 is 0 Å². The minimum absolute atomic E-state index is 0.0500. The van der Waals surface area contributed by atoms with Crippen molar-refractivity contribution in [3.8, 4) is 0 Å². The summed E-state index contributed by atoms with van der Waals surface area (Å²) in [6.45, 7) is 5.17. The number of ether oxygens (including phenoxy) is 3. The summed E-state index contributed by atoms with van der Waals surface area (Å²) in [4.78, 5) is 22.8. The van der Waals surface area contributed by atoms with Gasteiger partial charge < -0.3 is 19.1 Å². The number of carbonyl (C=O) groups excluding carboxylic acids is 1. The van der Waals surface area contributed by atoms with E-state index in [-0.39, 0.29) is 17.6 Å². The van der Waals surface area contributed by atoms with Gasteiger partial charge in [-0.1, -0.05) is 0 Å². The molecule has 1 atom stereocenters. The molecule has 2 aliphatic heterocycles. The number of hydrogen-bond donors (Lipinski definition) is 0. The van der Waals surface area contributed by atoms with Crippen LogP contribution in [0.15, 0.2) is 12.4 Å². The number of aromatic nitrogens is 2. The quantitative estimate of drug-likeness (QED) is 0.752. The van der Waals surface area contributed by atoms with Crippen LogP contribution in [0.3, 0.4) is 0 Å². The second-order valence-electron chi connectivity index (χ2n) is 6.85. The Hall–Kier alpha value is -1.57. The Morgan fingerprint density at radius 1 is 1.32 bits per heavy atom. The van der Waals surface area contributed by atoms with E-state index in [1.165, 1.54) is 0 Å². The fourth-order valence-electron chi connectivity index (χ4n) is 3.55. The van der Waals surface area contributed by atoms with Gasteiger partial charge in [-0.3, -0.25) is 9.78 Å². The number of likely N-dealkylation sites (tertiary alicyclic amines) is 1. The maximum absolute atomic E-state index is 12.6. The molecule has 0 radical (unpaired) electrons. The number of methoxy groups -OCH3 is 1. The maximum atomic E-state index is 12.6. The lowest BCUT2D eigenvalue weighted by molar-refractivity contribution is -0.154. The van der Waals surface area contributed by atoms with E-state index in [1.807, 2.05) is 11.8 Å². The first-order valence-corrected chi connectivity index (χ1v) is 8.94. The molecule has 1 spiro atoms. The van der Waals surface area contributed by atoms with E-state index >= 15 is 0 Å². The summed E-state index contributed by atoms with van der Waals surface area (Å²) in [6, 6.07) is 0. The molecule has 1 unspecified atom stereocenters. The number of rotatable bonds is 5. The molecule has 2 aliphatic rings. The number of hydrogen-bond acceptors (Lipinski definition) is 6. The molecule has 0 aliphatic carbocycles. The van der Waals surface area contributed by atoms with Gasteiger partial charge in [0.2, 0.25) is 0 Å². The monoisotopic (exact) mass is 349 g/mol. The van der Waals surface area contributed by atoms with Crippen molar-refractivity contribution in [2.24, 2.45) is 0 Å².